The molecule has 0 unspecified atom stereocenters. The second kappa shape index (κ2) is 5.02. The first kappa shape index (κ1) is 12.8. The van der Waals surface area contributed by atoms with Gasteiger partial charge in [-0.3, -0.25) is 0 Å². The van der Waals surface area contributed by atoms with Crippen LogP contribution in [0.3, 0.4) is 0 Å². The standard InChI is InChI=1S/C16H10N2O3/c17-7-12-8-18(13-6-15(16(19)20)21-10-13)9-14(12)11-4-2-1-3-5-11/h1-6,8-10H,(H,19,20). The van der Waals surface area contributed by atoms with Crippen molar-refractivity contribution < 1.29 is 14.3 Å². The van der Waals surface area contributed by atoms with Crippen LogP contribution in [-0.4, -0.2) is 15.6 Å². The highest BCUT2D eigenvalue weighted by Gasteiger charge is 2.13. The van der Waals surface area contributed by atoms with E-state index in [0.717, 1.165) is 11.1 Å². The fourth-order valence-electron chi connectivity index (χ4n) is 2.11. The van der Waals surface area contributed by atoms with Crippen LogP contribution in [0.2, 0.25) is 0 Å². The van der Waals surface area contributed by atoms with Crippen molar-refractivity contribution in [2.24, 2.45) is 0 Å². The van der Waals surface area contributed by atoms with Gasteiger partial charge in [0.25, 0.3) is 0 Å². The summed E-state index contributed by atoms with van der Waals surface area (Å²) in [6.07, 6.45) is 4.78. The Kier molecular flexibility index (Phi) is 3.05. The molecule has 0 amide bonds. The molecule has 102 valence electrons. The minimum Gasteiger partial charge on any atom is -0.475 e. The number of nitrogens with zero attached hydrogens (tertiary/aromatic N) is 2. The van der Waals surface area contributed by atoms with Gasteiger partial charge >= 0.3 is 5.97 Å². The summed E-state index contributed by atoms with van der Waals surface area (Å²) < 4.78 is 6.64. The number of rotatable bonds is 3. The van der Waals surface area contributed by atoms with E-state index in [4.69, 9.17) is 9.52 Å². The van der Waals surface area contributed by atoms with Gasteiger partial charge in [-0.15, -0.1) is 0 Å². The number of aromatic nitrogens is 1. The molecule has 0 aliphatic rings. The molecular weight excluding hydrogens is 268 g/mol. The van der Waals surface area contributed by atoms with Crippen LogP contribution in [0.5, 0.6) is 0 Å². The zero-order chi connectivity index (χ0) is 14.8. The number of hydrogen-bond donors (Lipinski definition) is 1. The number of carbonyl (C=O) groups is 1. The predicted molar refractivity (Wildman–Crippen MR) is 75.1 cm³/mol. The average molecular weight is 278 g/mol. The summed E-state index contributed by atoms with van der Waals surface area (Å²) in [4.78, 5) is 10.8. The maximum absolute atomic E-state index is 10.8. The van der Waals surface area contributed by atoms with E-state index in [2.05, 4.69) is 6.07 Å². The summed E-state index contributed by atoms with van der Waals surface area (Å²) in [5, 5.41) is 18.1. The Labute approximate surface area is 120 Å². The average Bonchev–Trinajstić information content (AvgIpc) is 3.14. The van der Waals surface area contributed by atoms with Crippen LogP contribution in [0.25, 0.3) is 16.8 Å². The summed E-state index contributed by atoms with van der Waals surface area (Å²) in [5.41, 5.74) is 2.79. The van der Waals surface area contributed by atoms with Crippen molar-refractivity contribution >= 4 is 5.97 Å². The molecule has 0 saturated carbocycles. The van der Waals surface area contributed by atoms with Crippen molar-refractivity contribution in [3.63, 3.8) is 0 Å². The Morgan fingerprint density at radius 3 is 2.62 bits per heavy atom. The third kappa shape index (κ3) is 2.30. The highest BCUT2D eigenvalue weighted by molar-refractivity contribution is 5.85. The molecule has 5 heteroatoms. The lowest BCUT2D eigenvalue weighted by Crippen LogP contribution is -1.92. The third-order valence-electron chi connectivity index (χ3n) is 3.13. The fraction of sp³-hybridized carbons (Fsp3) is 0. The first-order chi connectivity index (χ1) is 10.2. The van der Waals surface area contributed by atoms with Crippen molar-refractivity contribution in [1.29, 1.82) is 5.26 Å². The topological polar surface area (TPSA) is 79.2 Å². The molecule has 0 aliphatic heterocycles. The van der Waals surface area contributed by atoms with Crippen molar-refractivity contribution in [1.82, 2.24) is 4.57 Å². The quantitative estimate of drug-likeness (QED) is 0.797. The number of carboxylic acids is 1. The molecule has 21 heavy (non-hydrogen) atoms. The van der Waals surface area contributed by atoms with Crippen LogP contribution >= 0.6 is 0 Å². The van der Waals surface area contributed by atoms with Crippen LogP contribution in [0.15, 0.2) is 59.5 Å². The Balaban J connectivity index is 2.07. The highest BCUT2D eigenvalue weighted by atomic mass is 16.4. The van der Waals surface area contributed by atoms with Gasteiger partial charge in [0.2, 0.25) is 5.76 Å². The minimum atomic E-state index is -1.13. The van der Waals surface area contributed by atoms with Gasteiger partial charge in [0.1, 0.15) is 12.3 Å². The van der Waals surface area contributed by atoms with E-state index in [1.165, 1.54) is 12.3 Å². The van der Waals surface area contributed by atoms with E-state index in [-0.39, 0.29) is 5.76 Å². The Hall–Kier alpha value is -3.26. The molecule has 0 saturated heterocycles. The van der Waals surface area contributed by atoms with Crippen molar-refractivity contribution in [3.05, 3.63) is 66.4 Å². The molecule has 2 heterocycles. The van der Waals surface area contributed by atoms with Gasteiger partial charge in [-0.25, -0.2) is 4.79 Å². The van der Waals surface area contributed by atoms with E-state index in [0.29, 0.717) is 11.3 Å². The minimum absolute atomic E-state index is 0.140. The lowest BCUT2D eigenvalue weighted by Gasteiger charge is -1.97. The van der Waals surface area contributed by atoms with Crippen LogP contribution in [0, 0.1) is 11.3 Å². The zero-order valence-corrected chi connectivity index (χ0v) is 10.9. The number of benzene rings is 1. The zero-order valence-electron chi connectivity index (χ0n) is 10.9. The predicted octanol–water partition coefficient (Wildman–Crippen LogP) is 3.31. The van der Waals surface area contributed by atoms with E-state index in [1.54, 1.807) is 17.0 Å². The SMILES string of the molecule is N#Cc1cn(-c2coc(C(=O)O)c2)cc1-c1ccccc1. The van der Waals surface area contributed by atoms with Gasteiger partial charge < -0.3 is 14.1 Å². The summed E-state index contributed by atoms with van der Waals surface area (Å²) in [5.74, 6) is -1.27. The Morgan fingerprint density at radius 2 is 2.00 bits per heavy atom. The summed E-state index contributed by atoms with van der Waals surface area (Å²) >= 11 is 0. The number of aromatic carboxylic acids is 1. The summed E-state index contributed by atoms with van der Waals surface area (Å²) in [6, 6.07) is 13.1. The van der Waals surface area contributed by atoms with E-state index >= 15 is 0 Å². The molecule has 5 nitrogen and oxygen atoms in total. The first-order valence-electron chi connectivity index (χ1n) is 6.19. The Bertz CT molecular complexity index is 838. The number of carboxylic acid groups (broad SMARTS) is 1. The fourth-order valence-corrected chi connectivity index (χ4v) is 2.11. The van der Waals surface area contributed by atoms with Crippen LogP contribution in [0.4, 0.5) is 0 Å². The molecule has 0 spiro atoms. The first-order valence-corrected chi connectivity index (χ1v) is 6.19. The maximum atomic E-state index is 10.8. The van der Waals surface area contributed by atoms with E-state index in [9.17, 15) is 10.1 Å². The smallest absolute Gasteiger partial charge is 0.371 e. The van der Waals surface area contributed by atoms with E-state index in [1.807, 2.05) is 30.3 Å². The lowest BCUT2D eigenvalue weighted by atomic mass is 10.1. The molecule has 3 rings (SSSR count). The highest BCUT2D eigenvalue weighted by Crippen LogP contribution is 2.26. The van der Waals surface area contributed by atoms with E-state index < -0.39 is 5.97 Å². The van der Waals surface area contributed by atoms with Gasteiger partial charge in [-0.05, 0) is 5.56 Å². The number of furan rings is 1. The molecule has 0 fully saturated rings. The van der Waals surface area contributed by atoms with Crippen molar-refractivity contribution in [2.45, 2.75) is 0 Å². The molecule has 0 bridgehead atoms. The Morgan fingerprint density at radius 1 is 1.24 bits per heavy atom. The number of hydrogen-bond acceptors (Lipinski definition) is 3. The normalized spacial score (nSPS) is 10.2. The van der Waals surface area contributed by atoms with Crippen molar-refractivity contribution in [3.8, 4) is 22.9 Å². The third-order valence-corrected chi connectivity index (χ3v) is 3.13. The largest absolute Gasteiger partial charge is 0.475 e. The molecule has 3 aromatic rings. The molecule has 0 aliphatic carbocycles. The van der Waals surface area contributed by atoms with Crippen molar-refractivity contribution in [2.75, 3.05) is 0 Å². The molecule has 0 radical (unpaired) electrons. The van der Waals surface area contributed by atoms with Crippen LogP contribution in [0.1, 0.15) is 16.1 Å². The molecule has 2 aromatic heterocycles. The number of nitriles is 1. The molecule has 1 aromatic carbocycles. The van der Waals surface area contributed by atoms with Gasteiger partial charge in [-0.1, -0.05) is 30.3 Å². The molecule has 0 atom stereocenters. The monoisotopic (exact) mass is 278 g/mol. The summed E-state index contributed by atoms with van der Waals surface area (Å²) in [6.45, 7) is 0. The molecular formula is C16H10N2O3. The van der Waals surface area contributed by atoms with Crippen LogP contribution in [-0.2, 0) is 0 Å². The lowest BCUT2D eigenvalue weighted by molar-refractivity contribution is 0.0662. The second-order valence-electron chi connectivity index (χ2n) is 4.44. The van der Waals surface area contributed by atoms with Gasteiger partial charge in [0.15, 0.2) is 0 Å². The maximum Gasteiger partial charge on any atom is 0.371 e. The van der Waals surface area contributed by atoms with Gasteiger partial charge in [0.05, 0.1) is 11.3 Å². The summed E-state index contributed by atoms with van der Waals surface area (Å²) in [7, 11) is 0. The second-order valence-corrected chi connectivity index (χ2v) is 4.44. The molecule has 1 N–H and O–H groups in total. The van der Waals surface area contributed by atoms with Crippen LogP contribution < -0.4 is 0 Å². The van der Waals surface area contributed by atoms with Gasteiger partial charge in [-0.2, -0.15) is 5.26 Å². The van der Waals surface area contributed by atoms with Gasteiger partial charge in [0, 0.05) is 24.0 Å².